The average molecular weight is 348 g/mol. The summed E-state index contributed by atoms with van der Waals surface area (Å²) in [7, 11) is -1.83. The van der Waals surface area contributed by atoms with E-state index >= 15 is 0 Å². The Morgan fingerprint density at radius 3 is 2.68 bits per heavy atom. The van der Waals surface area contributed by atoms with Crippen LogP contribution in [0, 0.1) is 5.41 Å². The van der Waals surface area contributed by atoms with Crippen LogP contribution in [0.25, 0.3) is 0 Å². The van der Waals surface area contributed by atoms with E-state index in [1.54, 1.807) is 19.3 Å². The molecule has 1 aliphatic heterocycles. The van der Waals surface area contributed by atoms with E-state index in [2.05, 4.69) is 40.1 Å². The number of hydrogen-bond acceptors (Lipinski definition) is 4. The molecule has 1 N–H and O–H groups in total. The zero-order valence-electron chi connectivity index (χ0n) is 11.3. The van der Waals surface area contributed by atoms with Crippen molar-refractivity contribution in [2.24, 2.45) is 5.41 Å². The lowest BCUT2D eigenvalue weighted by molar-refractivity contribution is 0.375. The Morgan fingerprint density at radius 2 is 2.16 bits per heavy atom. The molecule has 0 aromatic carbocycles. The molecule has 106 valence electrons. The van der Waals surface area contributed by atoms with Crippen LogP contribution in [0.5, 0.6) is 0 Å². The van der Waals surface area contributed by atoms with Gasteiger partial charge in [0.05, 0.1) is 0 Å². The van der Waals surface area contributed by atoms with Crippen molar-refractivity contribution in [3.63, 3.8) is 0 Å². The SMILES string of the molecule is CNc1ncc(Br)cc1S(=O)(=O)N1CCC(C)(C)C1. The number of nitrogens with zero attached hydrogens (tertiary/aromatic N) is 2. The molecule has 0 bridgehead atoms. The van der Waals surface area contributed by atoms with Crippen molar-refractivity contribution in [2.45, 2.75) is 25.2 Å². The third kappa shape index (κ3) is 2.93. The Kier molecular flexibility index (Phi) is 3.90. The van der Waals surface area contributed by atoms with Crippen LogP contribution < -0.4 is 5.32 Å². The monoisotopic (exact) mass is 347 g/mol. The number of hydrogen-bond donors (Lipinski definition) is 1. The quantitative estimate of drug-likeness (QED) is 0.911. The fourth-order valence-electron chi connectivity index (χ4n) is 2.21. The van der Waals surface area contributed by atoms with Crippen molar-refractivity contribution in [1.29, 1.82) is 0 Å². The van der Waals surface area contributed by atoms with Gasteiger partial charge in [-0.1, -0.05) is 13.8 Å². The van der Waals surface area contributed by atoms with Crippen LogP contribution in [0.2, 0.25) is 0 Å². The number of rotatable bonds is 3. The first-order chi connectivity index (χ1) is 8.76. The fourth-order valence-corrected chi connectivity index (χ4v) is 4.50. The lowest BCUT2D eigenvalue weighted by Crippen LogP contribution is -2.31. The molecular weight excluding hydrogens is 330 g/mol. The van der Waals surface area contributed by atoms with Gasteiger partial charge in [0.25, 0.3) is 0 Å². The Bertz CT molecular complexity index is 587. The van der Waals surface area contributed by atoms with Crippen LogP contribution in [0.15, 0.2) is 21.6 Å². The smallest absolute Gasteiger partial charge is 0.246 e. The van der Waals surface area contributed by atoms with Gasteiger partial charge in [0, 0.05) is 30.8 Å². The maximum absolute atomic E-state index is 12.7. The summed E-state index contributed by atoms with van der Waals surface area (Å²) in [6.07, 6.45) is 2.46. The molecule has 1 aliphatic rings. The first kappa shape index (κ1) is 14.7. The number of anilines is 1. The molecule has 5 nitrogen and oxygen atoms in total. The Hall–Kier alpha value is -0.660. The number of aromatic nitrogens is 1. The summed E-state index contributed by atoms with van der Waals surface area (Å²) in [5.74, 6) is 0.382. The molecule has 19 heavy (non-hydrogen) atoms. The van der Waals surface area contributed by atoms with E-state index in [1.165, 1.54) is 4.31 Å². The molecule has 2 rings (SSSR count). The highest BCUT2D eigenvalue weighted by Gasteiger charge is 2.38. The summed E-state index contributed by atoms with van der Waals surface area (Å²) in [5.41, 5.74) is 0.0340. The summed E-state index contributed by atoms with van der Waals surface area (Å²) in [5, 5.41) is 2.84. The van der Waals surface area contributed by atoms with Gasteiger partial charge in [-0.05, 0) is 33.8 Å². The highest BCUT2D eigenvalue weighted by atomic mass is 79.9. The molecule has 0 spiro atoms. The standard InChI is InChI=1S/C12H18BrN3O2S/c1-12(2)4-5-16(8-12)19(17,18)10-6-9(13)7-15-11(10)14-3/h6-7H,4-5,8H2,1-3H3,(H,14,15). The maximum atomic E-state index is 12.7. The van der Waals surface area contributed by atoms with Crippen LogP contribution in [-0.4, -0.2) is 37.8 Å². The fraction of sp³-hybridized carbons (Fsp3) is 0.583. The second-order valence-electron chi connectivity index (χ2n) is 5.50. The van der Waals surface area contributed by atoms with E-state index in [0.29, 0.717) is 23.4 Å². The lowest BCUT2D eigenvalue weighted by Gasteiger charge is -2.20. The predicted molar refractivity (Wildman–Crippen MR) is 78.6 cm³/mol. The van der Waals surface area contributed by atoms with Crippen LogP contribution in [0.4, 0.5) is 5.82 Å². The van der Waals surface area contributed by atoms with Crippen molar-refractivity contribution in [1.82, 2.24) is 9.29 Å². The van der Waals surface area contributed by atoms with Crippen molar-refractivity contribution < 1.29 is 8.42 Å². The molecule has 0 radical (unpaired) electrons. The van der Waals surface area contributed by atoms with Gasteiger partial charge in [0.15, 0.2) is 0 Å². The van der Waals surface area contributed by atoms with E-state index in [9.17, 15) is 8.42 Å². The molecule has 7 heteroatoms. The number of pyridine rings is 1. The molecule has 0 atom stereocenters. The van der Waals surface area contributed by atoms with Crippen molar-refractivity contribution in [3.8, 4) is 0 Å². The van der Waals surface area contributed by atoms with Gasteiger partial charge in [-0.25, -0.2) is 13.4 Å². The third-order valence-electron chi connectivity index (χ3n) is 3.32. The summed E-state index contributed by atoms with van der Waals surface area (Å²) in [6.45, 7) is 5.28. The third-order valence-corrected chi connectivity index (χ3v) is 5.61. The Morgan fingerprint density at radius 1 is 1.47 bits per heavy atom. The summed E-state index contributed by atoms with van der Waals surface area (Å²) in [4.78, 5) is 4.33. The van der Waals surface area contributed by atoms with E-state index in [4.69, 9.17) is 0 Å². The van der Waals surface area contributed by atoms with Gasteiger partial charge < -0.3 is 5.32 Å². The lowest BCUT2D eigenvalue weighted by atomic mass is 9.93. The minimum atomic E-state index is -3.50. The molecular formula is C12H18BrN3O2S. The van der Waals surface area contributed by atoms with Gasteiger partial charge in [0.1, 0.15) is 10.7 Å². The second-order valence-corrected chi connectivity index (χ2v) is 8.33. The highest BCUT2D eigenvalue weighted by molar-refractivity contribution is 9.10. The molecule has 0 amide bonds. The number of halogens is 1. The van der Waals surface area contributed by atoms with Crippen molar-refractivity contribution in [3.05, 3.63) is 16.7 Å². The van der Waals surface area contributed by atoms with Gasteiger partial charge in [-0.15, -0.1) is 0 Å². The Labute approximate surface area is 122 Å². The van der Waals surface area contributed by atoms with Crippen molar-refractivity contribution >= 4 is 31.8 Å². The van der Waals surface area contributed by atoms with Gasteiger partial charge in [0.2, 0.25) is 10.0 Å². The summed E-state index contributed by atoms with van der Waals surface area (Å²) < 4.78 is 27.6. The predicted octanol–water partition coefficient (Wildman–Crippen LogP) is 2.31. The number of sulfonamides is 1. The van der Waals surface area contributed by atoms with E-state index < -0.39 is 10.0 Å². The second kappa shape index (κ2) is 5.03. The molecule has 1 saturated heterocycles. The minimum Gasteiger partial charge on any atom is -0.372 e. The maximum Gasteiger partial charge on any atom is 0.246 e. The van der Waals surface area contributed by atoms with Crippen LogP contribution in [0.1, 0.15) is 20.3 Å². The number of nitrogens with one attached hydrogen (secondary N) is 1. The first-order valence-corrected chi connectivity index (χ1v) is 8.33. The van der Waals surface area contributed by atoms with Crippen molar-refractivity contribution in [2.75, 3.05) is 25.5 Å². The molecule has 1 aromatic heterocycles. The van der Waals surface area contributed by atoms with Gasteiger partial charge in [-0.3, -0.25) is 0 Å². The summed E-state index contributed by atoms with van der Waals surface area (Å²) in [6, 6.07) is 1.60. The van der Waals surface area contributed by atoms with E-state index in [0.717, 1.165) is 6.42 Å². The van der Waals surface area contributed by atoms with Crippen LogP contribution in [0.3, 0.4) is 0 Å². The van der Waals surface area contributed by atoms with Crippen LogP contribution in [-0.2, 0) is 10.0 Å². The topological polar surface area (TPSA) is 62.3 Å². The van der Waals surface area contributed by atoms with Gasteiger partial charge in [-0.2, -0.15) is 4.31 Å². The van der Waals surface area contributed by atoms with E-state index in [1.807, 2.05) is 0 Å². The highest BCUT2D eigenvalue weighted by Crippen LogP contribution is 2.34. The molecule has 0 aliphatic carbocycles. The average Bonchev–Trinajstić information content (AvgIpc) is 2.70. The first-order valence-electron chi connectivity index (χ1n) is 6.10. The Balaban J connectivity index is 2.43. The molecule has 1 fully saturated rings. The summed E-state index contributed by atoms with van der Waals surface area (Å²) >= 11 is 3.28. The van der Waals surface area contributed by atoms with Crippen LogP contribution >= 0.6 is 15.9 Å². The largest absolute Gasteiger partial charge is 0.372 e. The normalized spacial score (nSPS) is 19.6. The van der Waals surface area contributed by atoms with E-state index in [-0.39, 0.29) is 10.3 Å². The minimum absolute atomic E-state index is 0.0340. The molecule has 2 heterocycles. The molecule has 0 saturated carbocycles. The molecule has 1 aromatic rings. The zero-order valence-corrected chi connectivity index (χ0v) is 13.7. The zero-order chi connectivity index (χ0) is 14.3. The van der Waals surface area contributed by atoms with Gasteiger partial charge >= 0.3 is 0 Å². The molecule has 0 unspecified atom stereocenters.